The molecule has 138 valence electrons. The van der Waals surface area contributed by atoms with E-state index in [1.807, 2.05) is 29.6 Å². The van der Waals surface area contributed by atoms with E-state index in [1.54, 1.807) is 18.3 Å². The Morgan fingerprint density at radius 2 is 2.15 bits per heavy atom. The number of non-ortho nitro benzene ring substituents is 1. The summed E-state index contributed by atoms with van der Waals surface area (Å²) in [4.78, 5) is 14.9. The highest BCUT2D eigenvalue weighted by Gasteiger charge is 2.09. The number of nitrogens with one attached hydrogen (secondary N) is 1. The van der Waals surface area contributed by atoms with Gasteiger partial charge in [0.1, 0.15) is 5.75 Å². The number of rotatable bonds is 8. The first-order valence-corrected chi connectivity index (χ1v) is 9.26. The molecule has 0 amide bonds. The Kier molecular flexibility index (Phi) is 6.11. The van der Waals surface area contributed by atoms with Crippen molar-refractivity contribution in [1.82, 2.24) is 4.98 Å². The Balaban J connectivity index is 1.65. The average molecular weight is 382 g/mol. The number of benzene rings is 2. The van der Waals surface area contributed by atoms with Crippen LogP contribution in [0, 0.1) is 10.1 Å². The summed E-state index contributed by atoms with van der Waals surface area (Å²) in [6.45, 7) is 2.74. The van der Waals surface area contributed by atoms with Crippen LogP contribution in [0.15, 0.2) is 59.0 Å². The van der Waals surface area contributed by atoms with Crippen LogP contribution in [0.2, 0.25) is 0 Å². The van der Waals surface area contributed by atoms with Gasteiger partial charge in [-0.2, -0.15) is 5.10 Å². The van der Waals surface area contributed by atoms with Crippen molar-refractivity contribution in [2.75, 3.05) is 12.0 Å². The maximum Gasteiger partial charge on any atom is 0.270 e. The quantitative estimate of drug-likeness (QED) is 0.338. The molecular formula is C19H18N4O3S. The zero-order chi connectivity index (χ0) is 19.1. The highest BCUT2D eigenvalue weighted by Crippen LogP contribution is 2.27. The van der Waals surface area contributed by atoms with Crippen molar-refractivity contribution in [3.8, 4) is 17.0 Å². The molecule has 0 saturated heterocycles. The number of anilines is 1. The molecule has 1 heterocycles. The number of aromatic nitrogens is 1. The van der Waals surface area contributed by atoms with Crippen molar-refractivity contribution in [3.05, 3.63) is 69.6 Å². The van der Waals surface area contributed by atoms with Crippen molar-refractivity contribution in [2.24, 2.45) is 5.10 Å². The Bertz CT molecular complexity index is 955. The van der Waals surface area contributed by atoms with Crippen LogP contribution in [-0.4, -0.2) is 22.7 Å². The number of ether oxygens (including phenoxy) is 1. The Hall–Kier alpha value is -3.26. The number of nitro benzene ring substituents is 1. The van der Waals surface area contributed by atoms with Crippen LogP contribution in [0.1, 0.15) is 18.9 Å². The molecule has 2 aromatic carbocycles. The summed E-state index contributed by atoms with van der Waals surface area (Å²) in [5.41, 5.74) is 5.19. The molecule has 0 spiro atoms. The summed E-state index contributed by atoms with van der Waals surface area (Å²) >= 11 is 1.38. The molecule has 0 aliphatic heterocycles. The van der Waals surface area contributed by atoms with Crippen LogP contribution in [0.25, 0.3) is 11.3 Å². The van der Waals surface area contributed by atoms with Gasteiger partial charge in [-0.3, -0.25) is 15.5 Å². The van der Waals surface area contributed by atoms with Crippen molar-refractivity contribution in [3.63, 3.8) is 0 Å². The standard InChI is InChI=1S/C19H18N4O3S/c1-2-9-26-17-8-3-5-14(10-17)12-20-22-19-21-18(13-27-19)15-6-4-7-16(11-15)23(24)25/h3-8,10-13H,2,9H2,1H3,(H,21,22)/b20-12+. The van der Waals surface area contributed by atoms with E-state index in [0.717, 1.165) is 17.7 Å². The summed E-state index contributed by atoms with van der Waals surface area (Å²) < 4.78 is 5.60. The number of nitrogens with zero attached hydrogens (tertiary/aromatic N) is 3. The smallest absolute Gasteiger partial charge is 0.270 e. The molecule has 0 atom stereocenters. The van der Waals surface area contributed by atoms with E-state index in [4.69, 9.17) is 4.74 Å². The van der Waals surface area contributed by atoms with Crippen molar-refractivity contribution in [1.29, 1.82) is 0 Å². The first kappa shape index (κ1) is 18.5. The molecule has 0 fully saturated rings. The highest BCUT2D eigenvalue weighted by molar-refractivity contribution is 7.14. The zero-order valence-corrected chi connectivity index (χ0v) is 15.5. The summed E-state index contributed by atoms with van der Waals surface area (Å²) in [6.07, 6.45) is 2.64. The fourth-order valence-electron chi connectivity index (χ4n) is 2.30. The zero-order valence-electron chi connectivity index (χ0n) is 14.7. The third-order valence-corrected chi connectivity index (χ3v) is 4.31. The molecule has 0 aliphatic carbocycles. The topological polar surface area (TPSA) is 89.7 Å². The molecule has 27 heavy (non-hydrogen) atoms. The lowest BCUT2D eigenvalue weighted by Gasteiger charge is -2.04. The first-order valence-electron chi connectivity index (χ1n) is 8.38. The first-order chi connectivity index (χ1) is 13.2. The van der Waals surface area contributed by atoms with Gasteiger partial charge in [0.05, 0.1) is 23.4 Å². The van der Waals surface area contributed by atoms with Gasteiger partial charge in [-0.15, -0.1) is 11.3 Å². The molecule has 3 rings (SSSR count). The number of hydrogen-bond acceptors (Lipinski definition) is 7. The van der Waals surface area contributed by atoms with E-state index >= 15 is 0 Å². The molecule has 1 N–H and O–H groups in total. The van der Waals surface area contributed by atoms with Crippen LogP contribution in [0.4, 0.5) is 10.8 Å². The molecule has 0 aliphatic rings. The number of hydrogen-bond donors (Lipinski definition) is 1. The summed E-state index contributed by atoms with van der Waals surface area (Å²) in [5, 5.41) is 17.5. The van der Waals surface area contributed by atoms with Gasteiger partial charge in [0.2, 0.25) is 5.13 Å². The third-order valence-electron chi connectivity index (χ3n) is 3.56. The Morgan fingerprint density at radius 1 is 1.30 bits per heavy atom. The van der Waals surface area contributed by atoms with Gasteiger partial charge in [-0.1, -0.05) is 31.2 Å². The minimum atomic E-state index is -0.419. The van der Waals surface area contributed by atoms with Gasteiger partial charge in [0, 0.05) is 23.1 Å². The molecule has 0 radical (unpaired) electrons. The maximum absolute atomic E-state index is 10.9. The van der Waals surface area contributed by atoms with Gasteiger partial charge in [-0.25, -0.2) is 4.98 Å². The van der Waals surface area contributed by atoms with E-state index in [9.17, 15) is 10.1 Å². The lowest BCUT2D eigenvalue weighted by Crippen LogP contribution is -1.96. The molecule has 0 bridgehead atoms. The van der Waals surface area contributed by atoms with Crippen molar-refractivity contribution >= 4 is 28.4 Å². The predicted molar refractivity (Wildman–Crippen MR) is 108 cm³/mol. The second-order valence-corrected chi connectivity index (χ2v) is 6.49. The normalized spacial score (nSPS) is 10.9. The van der Waals surface area contributed by atoms with Gasteiger partial charge in [0.25, 0.3) is 5.69 Å². The molecule has 7 nitrogen and oxygen atoms in total. The monoisotopic (exact) mass is 382 g/mol. The van der Waals surface area contributed by atoms with Crippen molar-refractivity contribution in [2.45, 2.75) is 13.3 Å². The maximum atomic E-state index is 10.9. The lowest BCUT2D eigenvalue weighted by atomic mass is 10.1. The second-order valence-electron chi connectivity index (χ2n) is 5.64. The van der Waals surface area contributed by atoms with Crippen LogP contribution in [0.5, 0.6) is 5.75 Å². The van der Waals surface area contributed by atoms with Crippen LogP contribution < -0.4 is 10.2 Å². The third kappa shape index (κ3) is 5.11. The second kappa shape index (κ2) is 8.91. The fourth-order valence-corrected chi connectivity index (χ4v) is 2.97. The van der Waals surface area contributed by atoms with Gasteiger partial charge in [-0.05, 0) is 24.1 Å². The van der Waals surface area contributed by atoms with Gasteiger partial charge < -0.3 is 4.74 Å². The molecule has 3 aromatic rings. The summed E-state index contributed by atoms with van der Waals surface area (Å²) in [5.74, 6) is 0.808. The van der Waals surface area contributed by atoms with Crippen molar-refractivity contribution < 1.29 is 9.66 Å². The molecule has 8 heteroatoms. The van der Waals surface area contributed by atoms with E-state index in [0.29, 0.717) is 23.0 Å². The van der Waals surface area contributed by atoms with Gasteiger partial charge in [0.15, 0.2) is 0 Å². The van der Waals surface area contributed by atoms with Crippen LogP contribution in [0.3, 0.4) is 0 Å². The Labute approximate surface area is 160 Å². The van der Waals surface area contributed by atoms with Gasteiger partial charge >= 0.3 is 0 Å². The average Bonchev–Trinajstić information content (AvgIpc) is 3.16. The van der Waals surface area contributed by atoms with E-state index in [-0.39, 0.29) is 5.69 Å². The highest BCUT2D eigenvalue weighted by atomic mass is 32.1. The predicted octanol–water partition coefficient (Wildman–Crippen LogP) is 4.95. The summed E-state index contributed by atoms with van der Waals surface area (Å²) in [6, 6.07) is 14.1. The molecule has 0 saturated carbocycles. The fraction of sp³-hybridized carbons (Fsp3) is 0.158. The molecule has 1 aromatic heterocycles. The van der Waals surface area contributed by atoms with E-state index < -0.39 is 4.92 Å². The summed E-state index contributed by atoms with van der Waals surface area (Å²) in [7, 11) is 0. The Morgan fingerprint density at radius 3 is 2.96 bits per heavy atom. The minimum Gasteiger partial charge on any atom is -0.494 e. The number of nitro groups is 1. The van der Waals surface area contributed by atoms with E-state index in [1.165, 1.54) is 23.5 Å². The molecular weight excluding hydrogens is 364 g/mol. The number of hydrazone groups is 1. The SMILES string of the molecule is CCCOc1cccc(/C=N/Nc2nc(-c3cccc([N+](=O)[O-])c3)cs2)c1. The largest absolute Gasteiger partial charge is 0.494 e. The lowest BCUT2D eigenvalue weighted by molar-refractivity contribution is -0.384. The molecule has 0 unspecified atom stereocenters. The van der Waals surface area contributed by atoms with Crippen LogP contribution >= 0.6 is 11.3 Å². The number of thiazole rings is 1. The minimum absolute atomic E-state index is 0.0400. The van der Waals surface area contributed by atoms with E-state index in [2.05, 4.69) is 22.4 Å². The van der Waals surface area contributed by atoms with Crippen LogP contribution in [-0.2, 0) is 0 Å².